The number of methoxy groups -OCH3 is 1. The van der Waals surface area contributed by atoms with E-state index in [9.17, 15) is 9.59 Å². The van der Waals surface area contributed by atoms with Crippen LogP contribution < -0.4 is 5.32 Å². The van der Waals surface area contributed by atoms with Crippen molar-refractivity contribution in [2.24, 2.45) is 0 Å². The standard InChI is InChI=1S/C28H36N4O3/c1-6-10-19(3)23(11-7-2)21-13-15-22(16-14-21)24-18-29-26(31-24)25-12-8-9-17-32(25)27(33)20(4)30-28(34)35-5/h7,11,13-16,18,20,25H,2-3,6,8-10,12,17H2,1,4-5H3,(H,29,31)(H,30,34)/b23-11+/t20-,25-/m0/s1. The van der Waals surface area contributed by atoms with Crippen molar-refractivity contribution < 1.29 is 14.3 Å². The lowest BCUT2D eigenvalue weighted by atomic mass is 9.94. The number of nitrogens with one attached hydrogen (secondary N) is 2. The first kappa shape index (κ1) is 26.0. The monoisotopic (exact) mass is 476 g/mol. The molecule has 3 rings (SSSR count). The molecule has 1 aliphatic rings. The van der Waals surface area contributed by atoms with Gasteiger partial charge in [0.25, 0.3) is 0 Å². The zero-order chi connectivity index (χ0) is 25.4. The first-order valence-corrected chi connectivity index (χ1v) is 12.2. The molecular formula is C28H36N4O3. The Morgan fingerprint density at radius 3 is 2.71 bits per heavy atom. The maximum Gasteiger partial charge on any atom is 0.407 e. The summed E-state index contributed by atoms with van der Waals surface area (Å²) in [4.78, 5) is 34.5. The van der Waals surface area contributed by atoms with Gasteiger partial charge in [-0.1, -0.05) is 62.9 Å². The normalized spacial score (nSPS) is 16.9. The van der Waals surface area contributed by atoms with Gasteiger partial charge in [0.15, 0.2) is 0 Å². The summed E-state index contributed by atoms with van der Waals surface area (Å²) in [6.45, 7) is 12.5. The third-order valence-electron chi connectivity index (χ3n) is 6.31. The minimum atomic E-state index is -0.676. The summed E-state index contributed by atoms with van der Waals surface area (Å²) in [5.41, 5.74) is 5.21. The summed E-state index contributed by atoms with van der Waals surface area (Å²) in [5.74, 6) is 0.613. The van der Waals surface area contributed by atoms with E-state index < -0.39 is 12.1 Å². The molecule has 0 unspecified atom stereocenters. The van der Waals surface area contributed by atoms with Gasteiger partial charge >= 0.3 is 6.09 Å². The van der Waals surface area contributed by atoms with E-state index in [4.69, 9.17) is 0 Å². The Morgan fingerprint density at radius 1 is 1.31 bits per heavy atom. The van der Waals surface area contributed by atoms with E-state index in [1.807, 2.05) is 17.2 Å². The van der Waals surface area contributed by atoms with Crippen molar-refractivity contribution in [3.8, 4) is 11.3 Å². The summed E-state index contributed by atoms with van der Waals surface area (Å²) >= 11 is 0. The Labute approximate surface area is 208 Å². The van der Waals surface area contributed by atoms with Crippen LogP contribution in [0, 0.1) is 0 Å². The van der Waals surface area contributed by atoms with Gasteiger partial charge in [0.1, 0.15) is 11.9 Å². The molecule has 1 aromatic heterocycles. The molecule has 1 aliphatic heterocycles. The fourth-order valence-electron chi connectivity index (χ4n) is 4.48. The van der Waals surface area contributed by atoms with Crippen LogP contribution in [0.1, 0.15) is 63.4 Å². The number of aromatic nitrogens is 2. The fraction of sp³-hybridized carbons (Fsp3) is 0.393. The fourth-order valence-corrected chi connectivity index (χ4v) is 4.48. The van der Waals surface area contributed by atoms with E-state index in [2.05, 4.69) is 64.4 Å². The van der Waals surface area contributed by atoms with Crippen LogP contribution in [0.5, 0.6) is 0 Å². The summed E-state index contributed by atoms with van der Waals surface area (Å²) < 4.78 is 4.63. The molecule has 1 saturated heterocycles. The van der Waals surface area contributed by atoms with Gasteiger partial charge in [0, 0.05) is 6.54 Å². The van der Waals surface area contributed by atoms with Crippen molar-refractivity contribution in [2.45, 2.75) is 58.0 Å². The van der Waals surface area contributed by atoms with Gasteiger partial charge in [-0.2, -0.15) is 0 Å². The van der Waals surface area contributed by atoms with Gasteiger partial charge in [-0.15, -0.1) is 0 Å². The van der Waals surface area contributed by atoms with Crippen molar-refractivity contribution in [1.82, 2.24) is 20.2 Å². The van der Waals surface area contributed by atoms with E-state index in [0.29, 0.717) is 6.54 Å². The highest BCUT2D eigenvalue weighted by Crippen LogP contribution is 2.32. The highest BCUT2D eigenvalue weighted by atomic mass is 16.5. The second-order valence-corrected chi connectivity index (χ2v) is 8.83. The van der Waals surface area contributed by atoms with Crippen LogP contribution in [-0.2, 0) is 9.53 Å². The molecule has 7 heteroatoms. The minimum absolute atomic E-state index is 0.142. The molecule has 2 amide bonds. The number of carbonyl (C=O) groups is 2. The molecule has 0 radical (unpaired) electrons. The van der Waals surface area contributed by atoms with Crippen LogP contribution in [0.3, 0.4) is 0 Å². The topological polar surface area (TPSA) is 87.3 Å². The average Bonchev–Trinajstić information content (AvgIpc) is 3.37. The largest absolute Gasteiger partial charge is 0.453 e. The van der Waals surface area contributed by atoms with E-state index in [0.717, 1.165) is 65.9 Å². The van der Waals surface area contributed by atoms with Crippen LogP contribution in [0.15, 0.2) is 61.3 Å². The summed E-state index contributed by atoms with van der Waals surface area (Å²) in [5, 5.41) is 2.57. The van der Waals surface area contributed by atoms with Gasteiger partial charge in [0.05, 0.1) is 25.0 Å². The average molecular weight is 477 g/mol. The number of benzene rings is 1. The van der Waals surface area contributed by atoms with E-state index >= 15 is 0 Å². The number of amides is 2. The number of hydrogen-bond acceptors (Lipinski definition) is 4. The van der Waals surface area contributed by atoms with Crippen molar-refractivity contribution in [3.05, 3.63) is 72.7 Å². The number of likely N-dealkylation sites (tertiary alicyclic amines) is 1. The van der Waals surface area contributed by atoms with Gasteiger partial charge in [-0.3, -0.25) is 4.79 Å². The predicted molar refractivity (Wildman–Crippen MR) is 140 cm³/mol. The second kappa shape index (κ2) is 12.2. The number of rotatable bonds is 9. The number of piperidine rings is 1. The number of carbonyl (C=O) groups excluding carboxylic acids is 2. The van der Waals surface area contributed by atoms with E-state index in [1.54, 1.807) is 13.0 Å². The Morgan fingerprint density at radius 2 is 2.06 bits per heavy atom. The lowest BCUT2D eigenvalue weighted by Gasteiger charge is -2.36. The number of imidazole rings is 1. The maximum atomic E-state index is 13.1. The quantitative estimate of drug-likeness (QED) is 0.448. The molecule has 35 heavy (non-hydrogen) atoms. The highest BCUT2D eigenvalue weighted by Gasteiger charge is 2.33. The van der Waals surface area contributed by atoms with E-state index in [-0.39, 0.29) is 11.9 Å². The summed E-state index contributed by atoms with van der Waals surface area (Å²) in [6, 6.07) is 7.46. The first-order chi connectivity index (χ1) is 16.9. The van der Waals surface area contributed by atoms with Gasteiger partial charge < -0.3 is 19.9 Å². The molecule has 0 aliphatic carbocycles. The second-order valence-electron chi connectivity index (χ2n) is 8.83. The number of nitrogens with zero attached hydrogens (tertiary/aromatic N) is 2. The number of allylic oxidation sites excluding steroid dienone is 4. The van der Waals surface area contributed by atoms with Crippen LogP contribution in [0.2, 0.25) is 0 Å². The van der Waals surface area contributed by atoms with Crippen LogP contribution in [-0.4, -0.2) is 46.6 Å². The molecule has 0 spiro atoms. The van der Waals surface area contributed by atoms with E-state index in [1.165, 1.54) is 7.11 Å². The Hall–Kier alpha value is -3.61. The third-order valence-corrected chi connectivity index (χ3v) is 6.31. The lowest BCUT2D eigenvalue weighted by molar-refractivity contribution is -0.137. The van der Waals surface area contributed by atoms with Crippen molar-refractivity contribution in [2.75, 3.05) is 13.7 Å². The summed E-state index contributed by atoms with van der Waals surface area (Å²) in [7, 11) is 1.28. The zero-order valence-corrected chi connectivity index (χ0v) is 21.0. The van der Waals surface area contributed by atoms with Crippen molar-refractivity contribution >= 4 is 17.6 Å². The smallest absolute Gasteiger partial charge is 0.407 e. The Kier molecular flexibility index (Phi) is 9.06. The number of hydrogen-bond donors (Lipinski definition) is 2. The SMILES string of the molecule is C=C/C=C(\C(=C)CCC)c1ccc(-c2cnc([C@@H]3CCCCN3C(=O)[C@H](C)NC(=O)OC)[nH]2)cc1. The zero-order valence-electron chi connectivity index (χ0n) is 21.0. The highest BCUT2D eigenvalue weighted by molar-refractivity contribution is 5.85. The molecule has 2 aromatic rings. The number of aromatic amines is 1. The summed E-state index contributed by atoms with van der Waals surface area (Å²) in [6.07, 6.45) is 9.73. The molecular weight excluding hydrogens is 440 g/mol. The molecule has 2 atom stereocenters. The van der Waals surface area contributed by atoms with Gasteiger partial charge in [-0.05, 0) is 54.9 Å². The first-order valence-electron chi connectivity index (χ1n) is 12.2. The minimum Gasteiger partial charge on any atom is -0.453 e. The van der Waals surface area contributed by atoms with Crippen LogP contribution >= 0.6 is 0 Å². The van der Waals surface area contributed by atoms with Crippen LogP contribution in [0.4, 0.5) is 4.79 Å². The number of ether oxygens (including phenoxy) is 1. The molecule has 2 heterocycles. The van der Waals surface area contributed by atoms with Gasteiger partial charge in [-0.25, -0.2) is 9.78 Å². The molecule has 0 saturated carbocycles. The molecule has 186 valence electrons. The molecule has 0 bridgehead atoms. The molecule has 2 N–H and O–H groups in total. The van der Waals surface area contributed by atoms with Crippen molar-refractivity contribution in [1.29, 1.82) is 0 Å². The van der Waals surface area contributed by atoms with Crippen LogP contribution in [0.25, 0.3) is 16.8 Å². The molecule has 1 aromatic carbocycles. The maximum absolute atomic E-state index is 13.1. The van der Waals surface area contributed by atoms with Crippen molar-refractivity contribution in [3.63, 3.8) is 0 Å². The predicted octanol–water partition coefficient (Wildman–Crippen LogP) is 5.80. The lowest BCUT2D eigenvalue weighted by Crippen LogP contribution is -2.49. The van der Waals surface area contributed by atoms with Gasteiger partial charge in [0.2, 0.25) is 5.91 Å². The molecule has 7 nitrogen and oxygen atoms in total. The Bertz CT molecular complexity index is 1080. The number of H-pyrrole nitrogens is 1. The Balaban J connectivity index is 1.79. The number of alkyl carbamates (subject to hydrolysis) is 1. The molecule has 1 fully saturated rings. The third kappa shape index (κ3) is 6.29.